The molecule has 2 rings (SSSR count). The van der Waals surface area contributed by atoms with Gasteiger partial charge in [0.2, 0.25) is 0 Å². The SMILES string of the molecule is Cc1ccc(Br)cc1C(=O)c1c(F)ccc(C)c1F. The fourth-order valence-corrected chi connectivity index (χ4v) is 2.20. The van der Waals surface area contributed by atoms with Gasteiger partial charge in [-0.1, -0.05) is 28.1 Å². The third-order valence-corrected chi connectivity index (χ3v) is 3.45. The summed E-state index contributed by atoms with van der Waals surface area (Å²) in [6.07, 6.45) is 0. The molecular formula is C15H11BrF2O. The fourth-order valence-electron chi connectivity index (χ4n) is 1.84. The van der Waals surface area contributed by atoms with Crippen molar-refractivity contribution in [3.8, 4) is 0 Å². The second-order valence-electron chi connectivity index (χ2n) is 4.34. The van der Waals surface area contributed by atoms with Gasteiger partial charge < -0.3 is 0 Å². The largest absolute Gasteiger partial charge is 0.288 e. The molecule has 0 bridgehead atoms. The third-order valence-electron chi connectivity index (χ3n) is 2.96. The molecule has 0 unspecified atom stereocenters. The summed E-state index contributed by atoms with van der Waals surface area (Å²) in [5.41, 5.74) is 0.713. The maximum atomic E-state index is 14.0. The van der Waals surface area contributed by atoms with Crippen molar-refractivity contribution in [3.05, 3.63) is 68.7 Å². The van der Waals surface area contributed by atoms with Crippen LogP contribution in [0.3, 0.4) is 0 Å². The number of rotatable bonds is 2. The number of aryl methyl sites for hydroxylation is 2. The van der Waals surface area contributed by atoms with Gasteiger partial charge in [0.15, 0.2) is 5.78 Å². The van der Waals surface area contributed by atoms with Crippen LogP contribution in [-0.2, 0) is 0 Å². The van der Waals surface area contributed by atoms with E-state index in [0.717, 1.165) is 6.07 Å². The first-order valence-electron chi connectivity index (χ1n) is 5.67. The summed E-state index contributed by atoms with van der Waals surface area (Å²) in [6, 6.07) is 7.49. The molecule has 1 nitrogen and oxygen atoms in total. The molecule has 0 saturated heterocycles. The Hall–Kier alpha value is -1.55. The van der Waals surface area contributed by atoms with Gasteiger partial charge in [-0.3, -0.25) is 4.79 Å². The lowest BCUT2D eigenvalue weighted by Gasteiger charge is -2.09. The lowest BCUT2D eigenvalue weighted by atomic mass is 9.97. The summed E-state index contributed by atoms with van der Waals surface area (Å²) < 4.78 is 28.4. The average Bonchev–Trinajstić information content (AvgIpc) is 2.37. The summed E-state index contributed by atoms with van der Waals surface area (Å²) in [5.74, 6) is -2.28. The van der Waals surface area contributed by atoms with Crippen LogP contribution in [0, 0.1) is 25.5 Å². The van der Waals surface area contributed by atoms with Crippen molar-refractivity contribution in [2.75, 3.05) is 0 Å². The summed E-state index contributed by atoms with van der Waals surface area (Å²) in [5, 5.41) is 0. The smallest absolute Gasteiger partial charge is 0.199 e. The Bertz CT molecular complexity index is 665. The second kappa shape index (κ2) is 5.21. The van der Waals surface area contributed by atoms with E-state index in [1.807, 2.05) is 0 Å². The van der Waals surface area contributed by atoms with Crippen LogP contribution >= 0.6 is 15.9 Å². The molecule has 0 atom stereocenters. The summed E-state index contributed by atoms with van der Waals surface area (Å²) >= 11 is 3.25. The van der Waals surface area contributed by atoms with Crippen LogP contribution in [0.5, 0.6) is 0 Å². The predicted octanol–water partition coefficient (Wildman–Crippen LogP) is 4.58. The highest BCUT2D eigenvalue weighted by molar-refractivity contribution is 9.10. The number of hydrogen-bond acceptors (Lipinski definition) is 1. The maximum absolute atomic E-state index is 14.0. The molecule has 19 heavy (non-hydrogen) atoms. The van der Waals surface area contributed by atoms with E-state index in [9.17, 15) is 13.6 Å². The minimum atomic E-state index is -0.840. The Kier molecular flexibility index (Phi) is 3.80. The quantitative estimate of drug-likeness (QED) is 0.739. The van der Waals surface area contributed by atoms with Crippen LogP contribution in [0.2, 0.25) is 0 Å². The molecule has 0 N–H and O–H groups in total. The number of benzene rings is 2. The van der Waals surface area contributed by atoms with Crippen molar-refractivity contribution in [2.24, 2.45) is 0 Å². The Balaban J connectivity index is 2.63. The average molecular weight is 325 g/mol. The molecule has 0 radical (unpaired) electrons. The standard InChI is InChI=1S/C15H11BrF2O/c1-8-3-5-10(16)7-11(8)15(19)13-12(17)6-4-9(2)14(13)18/h3-7H,1-2H3. The zero-order valence-corrected chi connectivity index (χ0v) is 12.0. The van der Waals surface area contributed by atoms with Gasteiger partial charge in [0.25, 0.3) is 0 Å². The Morgan fingerprint density at radius 2 is 1.68 bits per heavy atom. The highest BCUT2D eigenvalue weighted by atomic mass is 79.9. The minimum Gasteiger partial charge on any atom is -0.288 e. The molecule has 0 aliphatic carbocycles. The van der Waals surface area contributed by atoms with E-state index >= 15 is 0 Å². The van der Waals surface area contributed by atoms with Crippen molar-refractivity contribution < 1.29 is 13.6 Å². The van der Waals surface area contributed by atoms with Crippen LogP contribution in [0.15, 0.2) is 34.8 Å². The van der Waals surface area contributed by atoms with E-state index in [1.165, 1.54) is 13.0 Å². The topological polar surface area (TPSA) is 17.1 Å². The third kappa shape index (κ3) is 2.59. The maximum Gasteiger partial charge on any atom is 0.199 e. The van der Waals surface area contributed by atoms with E-state index in [4.69, 9.17) is 0 Å². The molecule has 0 heterocycles. The van der Waals surface area contributed by atoms with Crippen molar-refractivity contribution in [3.63, 3.8) is 0 Å². The van der Waals surface area contributed by atoms with Crippen molar-refractivity contribution in [1.82, 2.24) is 0 Å². The van der Waals surface area contributed by atoms with Gasteiger partial charge in [-0.15, -0.1) is 0 Å². The zero-order chi connectivity index (χ0) is 14.2. The van der Waals surface area contributed by atoms with Crippen LogP contribution in [0.25, 0.3) is 0 Å². The molecule has 0 aromatic heterocycles. The number of ketones is 1. The van der Waals surface area contributed by atoms with Gasteiger partial charge in [0.05, 0.1) is 5.56 Å². The number of hydrogen-bond donors (Lipinski definition) is 0. The van der Waals surface area contributed by atoms with Gasteiger partial charge in [0.1, 0.15) is 11.6 Å². The fraction of sp³-hybridized carbons (Fsp3) is 0.133. The minimum absolute atomic E-state index is 0.248. The van der Waals surface area contributed by atoms with Gasteiger partial charge in [-0.25, -0.2) is 8.78 Å². The molecule has 4 heteroatoms. The molecule has 98 valence electrons. The van der Waals surface area contributed by atoms with Gasteiger partial charge in [-0.05, 0) is 43.2 Å². The van der Waals surface area contributed by atoms with Gasteiger partial charge in [-0.2, -0.15) is 0 Å². The number of halogens is 3. The molecular weight excluding hydrogens is 314 g/mol. The van der Waals surface area contributed by atoms with E-state index in [2.05, 4.69) is 15.9 Å². The Labute approximate surface area is 118 Å². The Morgan fingerprint density at radius 3 is 2.37 bits per heavy atom. The molecule has 2 aromatic carbocycles. The normalized spacial score (nSPS) is 10.6. The van der Waals surface area contributed by atoms with E-state index < -0.39 is 23.0 Å². The number of carbonyl (C=O) groups is 1. The molecule has 2 aromatic rings. The van der Waals surface area contributed by atoms with Crippen LogP contribution in [-0.4, -0.2) is 5.78 Å². The van der Waals surface area contributed by atoms with Crippen molar-refractivity contribution in [2.45, 2.75) is 13.8 Å². The first-order chi connectivity index (χ1) is 8.91. The molecule has 0 saturated carbocycles. The lowest BCUT2D eigenvalue weighted by Crippen LogP contribution is -2.10. The van der Waals surface area contributed by atoms with Gasteiger partial charge >= 0.3 is 0 Å². The van der Waals surface area contributed by atoms with Crippen molar-refractivity contribution >= 4 is 21.7 Å². The van der Waals surface area contributed by atoms with E-state index in [-0.39, 0.29) is 11.1 Å². The molecule has 0 spiro atoms. The summed E-state index contributed by atoms with van der Waals surface area (Å²) in [6.45, 7) is 3.23. The first-order valence-corrected chi connectivity index (χ1v) is 6.46. The highest BCUT2D eigenvalue weighted by Gasteiger charge is 2.21. The highest BCUT2D eigenvalue weighted by Crippen LogP contribution is 2.23. The molecule has 0 aliphatic rings. The number of carbonyl (C=O) groups excluding carboxylic acids is 1. The predicted molar refractivity (Wildman–Crippen MR) is 73.4 cm³/mol. The summed E-state index contributed by atoms with van der Waals surface area (Å²) in [4.78, 5) is 12.3. The molecule has 0 aliphatic heterocycles. The Morgan fingerprint density at radius 1 is 1.05 bits per heavy atom. The molecule has 0 amide bonds. The van der Waals surface area contributed by atoms with Crippen LogP contribution in [0.1, 0.15) is 27.0 Å². The summed E-state index contributed by atoms with van der Waals surface area (Å²) in [7, 11) is 0. The van der Waals surface area contributed by atoms with Crippen molar-refractivity contribution in [1.29, 1.82) is 0 Å². The van der Waals surface area contributed by atoms with E-state index in [1.54, 1.807) is 25.1 Å². The second-order valence-corrected chi connectivity index (χ2v) is 5.26. The van der Waals surface area contributed by atoms with Gasteiger partial charge in [0, 0.05) is 10.0 Å². The molecule has 0 fully saturated rings. The van der Waals surface area contributed by atoms with E-state index in [0.29, 0.717) is 10.0 Å². The lowest BCUT2D eigenvalue weighted by molar-refractivity contribution is 0.103. The first kappa shape index (κ1) is 13.9. The van der Waals surface area contributed by atoms with Crippen LogP contribution in [0.4, 0.5) is 8.78 Å². The zero-order valence-electron chi connectivity index (χ0n) is 10.4. The van der Waals surface area contributed by atoms with Crippen LogP contribution < -0.4 is 0 Å². The monoisotopic (exact) mass is 324 g/mol.